The van der Waals surface area contributed by atoms with Gasteiger partial charge in [0.2, 0.25) is 5.91 Å². The van der Waals surface area contributed by atoms with Crippen molar-refractivity contribution in [3.05, 3.63) is 34.3 Å². The highest BCUT2D eigenvalue weighted by molar-refractivity contribution is 9.10. The van der Waals surface area contributed by atoms with Gasteiger partial charge in [-0.15, -0.1) is 0 Å². The van der Waals surface area contributed by atoms with Crippen molar-refractivity contribution in [1.29, 1.82) is 0 Å². The van der Waals surface area contributed by atoms with Crippen LogP contribution >= 0.6 is 15.9 Å². The fraction of sp³-hybridized carbons (Fsp3) is 0.300. The van der Waals surface area contributed by atoms with Gasteiger partial charge in [0.15, 0.2) is 0 Å². The zero-order chi connectivity index (χ0) is 9.84. The molecule has 1 rings (SSSR count). The van der Waals surface area contributed by atoms with Crippen LogP contribution in [0.3, 0.4) is 0 Å². The normalized spacial score (nSPS) is 12.5. The highest BCUT2D eigenvalue weighted by atomic mass is 79.9. The maximum atomic E-state index is 10.8. The van der Waals surface area contributed by atoms with Gasteiger partial charge in [-0.2, -0.15) is 0 Å². The Labute approximate surface area is 86.3 Å². The number of benzene rings is 1. The van der Waals surface area contributed by atoms with Crippen LogP contribution in [0.15, 0.2) is 28.7 Å². The van der Waals surface area contributed by atoms with Crippen molar-refractivity contribution in [1.82, 2.24) is 0 Å². The Hall–Kier alpha value is -0.830. The van der Waals surface area contributed by atoms with Crippen LogP contribution in [0.5, 0.6) is 0 Å². The van der Waals surface area contributed by atoms with Crippen molar-refractivity contribution in [3.8, 4) is 0 Å². The minimum absolute atomic E-state index is 0.103. The van der Waals surface area contributed by atoms with Crippen LogP contribution in [0.4, 0.5) is 0 Å². The average molecular weight is 242 g/mol. The summed E-state index contributed by atoms with van der Waals surface area (Å²) in [5.41, 5.74) is 6.30. The van der Waals surface area contributed by atoms with Gasteiger partial charge in [-0.1, -0.05) is 35.0 Å². The van der Waals surface area contributed by atoms with Crippen molar-refractivity contribution >= 4 is 21.8 Å². The van der Waals surface area contributed by atoms with Crippen molar-refractivity contribution in [2.45, 2.75) is 13.3 Å². The van der Waals surface area contributed by atoms with Crippen molar-refractivity contribution in [2.24, 2.45) is 11.7 Å². The van der Waals surface area contributed by atoms with E-state index < -0.39 is 0 Å². The van der Waals surface area contributed by atoms with E-state index in [9.17, 15) is 4.79 Å². The number of nitrogens with two attached hydrogens (primary N) is 1. The van der Waals surface area contributed by atoms with E-state index in [2.05, 4.69) is 15.9 Å². The van der Waals surface area contributed by atoms with E-state index in [1.807, 2.05) is 31.2 Å². The van der Waals surface area contributed by atoms with Crippen molar-refractivity contribution in [2.75, 3.05) is 0 Å². The Kier molecular flexibility index (Phi) is 3.48. The van der Waals surface area contributed by atoms with Gasteiger partial charge >= 0.3 is 0 Å². The van der Waals surface area contributed by atoms with Gasteiger partial charge in [0.05, 0.1) is 0 Å². The molecule has 1 aromatic carbocycles. The fourth-order valence-corrected chi connectivity index (χ4v) is 1.56. The fourth-order valence-electron chi connectivity index (χ4n) is 1.12. The molecule has 1 atom stereocenters. The third-order valence-electron chi connectivity index (χ3n) is 1.92. The minimum Gasteiger partial charge on any atom is -0.369 e. The van der Waals surface area contributed by atoms with Crippen LogP contribution in [0, 0.1) is 5.92 Å². The lowest BCUT2D eigenvalue weighted by Crippen LogP contribution is -2.22. The van der Waals surface area contributed by atoms with Gasteiger partial charge in [-0.25, -0.2) is 0 Å². The Morgan fingerprint density at radius 3 is 2.85 bits per heavy atom. The predicted molar refractivity (Wildman–Crippen MR) is 56.2 cm³/mol. The van der Waals surface area contributed by atoms with E-state index in [0.29, 0.717) is 6.42 Å². The predicted octanol–water partition coefficient (Wildman–Crippen LogP) is 2.11. The molecule has 0 unspecified atom stereocenters. The highest BCUT2D eigenvalue weighted by Crippen LogP contribution is 2.14. The van der Waals surface area contributed by atoms with Crippen LogP contribution < -0.4 is 5.73 Å². The van der Waals surface area contributed by atoms with E-state index >= 15 is 0 Å². The molecule has 13 heavy (non-hydrogen) atoms. The van der Waals surface area contributed by atoms with Crippen molar-refractivity contribution in [3.63, 3.8) is 0 Å². The lowest BCUT2D eigenvalue weighted by molar-refractivity contribution is -0.121. The molecular formula is C10H12BrNO. The summed E-state index contributed by atoms with van der Waals surface area (Å²) in [6, 6.07) is 7.90. The van der Waals surface area contributed by atoms with Crippen molar-refractivity contribution < 1.29 is 4.79 Å². The number of carbonyl (C=O) groups is 1. The molecule has 0 radical (unpaired) electrons. The summed E-state index contributed by atoms with van der Waals surface area (Å²) in [6.07, 6.45) is 0.703. The number of primary amides is 1. The number of carbonyl (C=O) groups excluding carboxylic acids is 1. The highest BCUT2D eigenvalue weighted by Gasteiger charge is 2.08. The molecule has 3 heteroatoms. The third kappa shape index (κ3) is 3.19. The lowest BCUT2D eigenvalue weighted by Gasteiger charge is -2.06. The first-order chi connectivity index (χ1) is 6.09. The summed E-state index contributed by atoms with van der Waals surface area (Å²) in [5.74, 6) is -0.353. The zero-order valence-corrected chi connectivity index (χ0v) is 9.04. The second kappa shape index (κ2) is 4.42. The summed E-state index contributed by atoms with van der Waals surface area (Å²) >= 11 is 3.37. The maximum Gasteiger partial charge on any atom is 0.220 e. The van der Waals surface area contributed by atoms with Crippen LogP contribution in [-0.2, 0) is 11.2 Å². The van der Waals surface area contributed by atoms with Crippen LogP contribution in [0.2, 0.25) is 0 Å². The molecule has 0 aliphatic rings. The summed E-state index contributed by atoms with van der Waals surface area (Å²) in [4.78, 5) is 10.8. The largest absolute Gasteiger partial charge is 0.369 e. The first-order valence-electron chi connectivity index (χ1n) is 4.13. The van der Waals surface area contributed by atoms with E-state index in [0.717, 1.165) is 10.0 Å². The molecule has 0 aliphatic carbocycles. The average Bonchev–Trinajstić information content (AvgIpc) is 2.04. The SMILES string of the molecule is C[C@@H](Cc1cccc(Br)c1)C(N)=O. The molecule has 0 aromatic heterocycles. The second-order valence-electron chi connectivity index (χ2n) is 3.14. The summed E-state index contributed by atoms with van der Waals surface area (Å²) in [7, 11) is 0. The van der Waals surface area contributed by atoms with E-state index in [1.54, 1.807) is 0 Å². The Bertz CT molecular complexity index is 312. The Morgan fingerprint density at radius 2 is 2.31 bits per heavy atom. The Morgan fingerprint density at radius 1 is 1.62 bits per heavy atom. The molecule has 0 aliphatic heterocycles. The number of hydrogen-bond acceptors (Lipinski definition) is 1. The van der Waals surface area contributed by atoms with E-state index in [4.69, 9.17) is 5.73 Å². The van der Waals surface area contributed by atoms with Gasteiger partial charge in [0.25, 0.3) is 0 Å². The summed E-state index contributed by atoms with van der Waals surface area (Å²) in [6.45, 7) is 1.84. The molecule has 0 saturated carbocycles. The number of rotatable bonds is 3. The number of halogens is 1. The molecule has 70 valence electrons. The standard InChI is InChI=1S/C10H12BrNO/c1-7(10(12)13)5-8-3-2-4-9(11)6-8/h2-4,6-7H,5H2,1H3,(H2,12,13)/t7-/m0/s1. The lowest BCUT2D eigenvalue weighted by atomic mass is 10.0. The molecule has 1 amide bonds. The van der Waals surface area contributed by atoms with Gasteiger partial charge < -0.3 is 5.73 Å². The van der Waals surface area contributed by atoms with Crippen LogP contribution in [0.1, 0.15) is 12.5 Å². The maximum absolute atomic E-state index is 10.8. The molecule has 0 saturated heterocycles. The monoisotopic (exact) mass is 241 g/mol. The topological polar surface area (TPSA) is 43.1 Å². The van der Waals surface area contributed by atoms with E-state index in [1.165, 1.54) is 0 Å². The molecule has 1 aromatic rings. The molecule has 0 fully saturated rings. The van der Waals surface area contributed by atoms with E-state index in [-0.39, 0.29) is 11.8 Å². The Balaban J connectivity index is 2.69. The molecule has 0 bridgehead atoms. The zero-order valence-electron chi connectivity index (χ0n) is 7.46. The van der Waals surface area contributed by atoms with Crippen LogP contribution in [0.25, 0.3) is 0 Å². The van der Waals surface area contributed by atoms with Gasteiger partial charge in [-0.05, 0) is 24.1 Å². The summed E-state index contributed by atoms with van der Waals surface area (Å²) in [5, 5.41) is 0. The summed E-state index contributed by atoms with van der Waals surface area (Å²) < 4.78 is 1.03. The molecule has 2 nitrogen and oxygen atoms in total. The first kappa shape index (κ1) is 10.3. The second-order valence-corrected chi connectivity index (χ2v) is 4.05. The smallest absolute Gasteiger partial charge is 0.220 e. The third-order valence-corrected chi connectivity index (χ3v) is 2.41. The van der Waals surface area contributed by atoms with Crippen LogP contribution in [-0.4, -0.2) is 5.91 Å². The number of hydrogen-bond donors (Lipinski definition) is 1. The minimum atomic E-state index is -0.250. The molecular weight excluding hydrogens is 230 g/mol. The number of amides is 1. The first-order valence-corrected chi connectivity index (χ1v) is 4.92. The van der Waals surface area contributed by atoms with Gasteiger partial charge in [-0.3, -0.25) is 4.79 Å². The quantitative estimate of drug-likeness (QED) is 0.866. The molecule has 0 heterocycles. The van der Waals surface area contributed by atoms with Gasteiger partial charge in [0.1, 0.15) is 0 Å². The molecule has 2 N–H and O–H groups in total. The molecule has 0 spiro atoms. The van der Waals surface area contributed by atoms with Gasteiger partial charge in [0, 0.05) is 10.4 Å².